The van der Waals surface area contributed by atoms with Gasteiger partial charge in [0, 0.05) is 18.3 Å². The number of hydrogen-bond donors (Lipinski definition) is 0. The lowest BCUT2D eigenvalue weighted by atomic mass is 10.00. The van der Waals surface area contributed by atoms with E-state index in [4.69, 9.17) is 0 Å². The van der Waals surface area contributed by atoms with Crippen LogP contribution in [0.3, 0.4) is 0 Å². The maximum atomic E-state index is 4.55. The van der Waals surface area contributed by atoms with Crippen molar-refractivity contribution in [3.05, 3.63) is 71.6 Å². The van der Waals surface area contributed by atoms with E-state index in [9.17, 15) is 0 Å². The molecule has 114 valence electrons. The van der Waals surface area contributed by atoms with Crippen LogP contribution in [0.4, 0.5) is 0 Å². The van der Waals surface area contributed by atoms with Crippen molar-refractivity contribution in [2.45, 2.75) is 26.2 Å². The third kappa shape index (κ3) is 3.83. The fourth-order valence-electron chi connectivity index (χ4n) is 2.99. The maximum Gasteiger partial charge on any atom is 0.0705 e. The SMILES string of the molecule is Cc1ccc(/C(=C\CN2CCCCC2)c2ccccn2)cc1. The molecule has 1 aliphatic heterocycles. The number of hydrogen-bond acceptors (Lipinski definition) is 2. The molecule has 1 aliphatic rings. The predicted octanol–water partition coefficient (Wildman–Crippen LogP) is 4.31. The molecule has 0 aliphatic carbocycles. The van der Waals surface area contributed by atoms with Crippen LogP contribution in [-0.2, 0) is 0 Å². The second-order valence-corrected chi connectivity index (χ2v) is 6.06. The monoisotopic (exact) mass is 292 g/mol. The molecule has 0 saturated carbocycles. The van der Waals surface area contributed by atoms with E-state index in [1.807, 2.05) is 12.3 Å². The van der Waals surface area contributed by atoms with Gasteiger partial charge >= 0.3 is 0 Å². The van der Waals surface area contributed by atoms with Crippen molar-refractivity contribution < 1.29 is 0 Å². The summed E-state index contributed by atoms with van der Waals surface area (Å²) in [5, 5.41) is 0. The van der Waals surface area contributed by atoms with E-state index >= 15 is 0 Å². The van der Waals surface area contributed by atoms with Crippen molar-refractivity contribution in [3.63, 3.8) is 0 Å². The third-order valence-electron chi connectivity index (χ3n) is 4.31. The number of aromatic nitrogens is 1. The van der Waals surface area contributed by atoms with Crippen molar-refractivity contribution in [1.82, 2.24) is 9.88 Å². The molecule has 22 heavy (non-hydrogen) atoms. The van der Waals surface area contributed by atoms with Crippen LogP contribution in [0.2, 0.25) is 0 Å². The van der Waals surface area contributed by atoms with Crippen LogP contribution in [-0.4, -0.2) is 29.5 Å². The smallest absolute Gasteiger partial charge is 0.0705 e. The first-order valence-electron chi connectivity index (χ1n) is 8.24. The molecule has 0 amide bonds. The molecule has 1 saturated heterocycles. The molecule has 0 bridgehead atoms. The fourth-order valence-corrected chi connectivity index (χ4v) is 2.99. The van der Waals surface area contributed by atoms with Gasteiger partial charge in [0.05, 0.1) is 5.69 Å². The minimum absolute atomic E-state index is 1.01. The van der Waals surface area contributed by atoms with E-state index in [0.29, 0.717) is 0 Å². The van der Waals surface area contributed by atoms with Gasteiger partial charge in [-0.1, -0.05) is 48.4 Å². The second kappa shape index (κ2) is 7.37. The molecular weight excluding hydrogens is 268 g/mol. The van der Waals surface area contributed by atoms with Crippen LogP contribution >= 0.6 is 0 Å². The molecule has 0 N–H and O–H groups in total. The number of likely N-dealkylation sites (tertiary alicyclic amines) is 1. The molecule has 2 nitrogen and oxygen atoms in total. The van der Waals surface area contributed by atoms with Crippen molar-refractivity contribution in [2.75, 3.05) is 19.6 Å². The van der Waals surface area contributed by atoms with E-state index in [0.717, 1.165) is 12.2 Å². The Morgan fingerprint density at radius 1 is 1.05 bits per heavy atom. The van der Waals surface area contributed by atoms with Crippen LogP contribution in [0.1, 0.15) is 36.1 Å². The standard InChI is InChI=1S/C20H24N2/c1-17-8-10-18(11-9-17)19(20-7-3-4-13-21-20)12-16-22-14-5-2-6-15-22/h3-4,7-13H,2,5-6,14-16H2,1H3/b19-12+. The Hall–Kier alpha value is -1.93. The van der Waals surface area contributed by atoms with Crippen LogP contribution < -0.4 is 0 Å². The first kappa shape index (κ1) is 15.0. The molecule has 0 spiro atoms. The lowest BCUT2D eigenvalue weighted by Gasteiger charge is -2.25. The molecule has 2 heterocycles. The van der Waals surface area contributed by atoms with Gasteiger partial charge in [-0.25, -0.2) is 0 Å². The topological polar surface area (TPSA) is 16.1 Å². The van der Waals surface area contributed by atoms with Gasteiger partial charge in [-0.15, -0.1) is 0 Å². The van der Waals surface area contributed by atoms with Gasteiger partial charge in [0.25, 0.3) is 0 Å². The number of aryl methyl sites for hydroxylation is 1. The zero-order chi connectivity index (χ0) is 15.2. The van der Waals surface area contributed by atoms with E-state index < -0.39 is 0 Å². The number of rotatable bonds is 4. The van der Waals surface area contributed by atoms with E-state index in [1.54, 1.807) is 0 Å². The molecule has 2 aromatic rings. The molecule has 3 rings (SSSR count). The molecule has 1 aromatic carbocycles. The molecule has 0 radical (unpaired) electrons. The van der Waals surface area contributed by atoms with Crippen molar-refractivity contribution >= 4 is 5.57 Å². The second-order valence-electron chi connectivity index (χ2n) is 6.06. The van der Waals surface area contributed by atoms with Crippen LogP contribution in [0, 0.1) is 6.92 Å². The van der Waals surface area contributed by atoms with E-state index in [1.165, 1.54) is 49.1 Å². The number of piperidine rings is 1. The van der Waals surface area contributed by atoms with Gasteiger partial charge in [0.1, 0.15) is 0 Å². The zero-order valence-electron chi connectivity index (χ0n) is 13.3. The quantitative estimate of drug-likeness (QED) is 0.835. The highest BCUT2D eigenvalue weighted by Crippen LogP contribution is 2.22. The molecule has 1 fully saturated rings. The highest BCUT2D eigenvalue weighted by molar-refractivity contribution is 5.78. The lowest BCUT2D eigenvalue weighted by Crippen LogP contribution is -2.29. The van der Waals surface area contributed by atoms with E-state index in [-0.39, 0.29) is 0 Å². The van der Waals surface area contributed by atoms with Crippen LogP contribution in [0.15, 0.2) is 54.7 Å². The number of nitrogens with zero attached hydrogens (tertiary/aromatic N) is 2. The minimum Gasteiger partial charge on any atom is -0.300 e. The average molecular weight is 292 g/mol. The lowest BCUT2D eigenvalue weighted by molar-refractivity contribution is 0.252. The average Bonchev–Trinajstić information content (AvgIpc) is 2.58. The fraction of sp³-hybridized carbons (Fsp3) is 0.350. The Labute approximate surface area is 133 Å². The van der Waals surface area contributed by atoms with Crippen molar-refractivity contribution in [1.29, 1.82) is 0 Å². The molecule has 0 unspecified atom stereocenters. The normalized spacial score (nSPS) is 16.7. The molecule has 0 atom stereocenters. The highest BCUT2D eigenvalue weighted by atomic mass is 15.1. The third-order valence-corrected chi connectivity index (χ3v) is 4.31. The minimum atomic E-state index is 1.01. The van der Waals surface area contributed by atoms with Crippen molar-refractivity contribution in [2.24, 2.45) is 0 Å². The summed E-state index contributed by atoms with van der Waals surface area (Å²) >= 11 is 0. The van der Waals surface area contributed by atoms with Gasteiger partial charge in [-0.3, -0.25) is 9.88 Å². The van der Waals surface area contributed by atoms with Gasteiger partial charge < -0.3 is 0 Å². The summed E-state index contributed by atoms with van der Waals surface area (Å²) in [6.07, 6.45) is 8.26. The Balaban J connectivity index is 1.87. The van der Waals surface area contributed by atoms with Crippen LogP contribution in [0.25, 0.3) is 5.57 Å². The summed E-state index contributed by atoms with van der Waals surface area (Å²) in [5.74, 6) is 0. The Morgan fingerprint density at radius 3 is 2.50 bits per heavy atom. The summed E-state index contributed by atoms with van der Waals surface area (Å²) < 4.78 is 0. The maximum absolute atomic E-state index is 4.55. The van der Waals surface area contributed by atoms with Gasteiger partial charge in [0.2, 0.25) is 0 Å². The number of benzene rings is 1. The Morgan fingerprint density at radius 2 is 1.82 bits per heavy atom. The van der Waals surface area contributed by atoms with Gasteiger partial charge in [-0.05, 0) is 50.6 Å². The Kier molecular flexibility index (Phi) is 5.02. The largest absolute Gasteiger partial charge is 0.300 e. The summed E-state index contributed by atoms with van der Waals surface area (Å²) in [6.45, 7) is 5.58. The molecular formula is C20H24N2. The summed E-state index contributed by atoms with van der Waals surface area (Å²) in [5.41, 5.74) is 4.84. The summed E-state index contributed by atoms with van der Waals surface area (Å²) in [7, 11) is 0. The van der Waals surface area contributed by atoms with Crippen molar-refractivity contribution in [3.8, 4) is 0 Å². The number of pyridine rings is 1. The van der Waals surface area contributed by atoms with E-state index in [2.05, 4.69) is 59.3 Å². The predicted molar refractivity (Wildman–Crippen MR) is 92.8 cm³/mol. The first-order valence-corrected chi connectivity index (χ1v) is 8.24. The van der Waals surface area contributed by atoms with Gasteiger partial charge in [-0.2, -0.15) is 0 Å². The van der Waals surface area contributed by atoms with Crippen LogP contribution in [0.5, 0.6) is 0 Å². The zero-order valence-corrected chi connectivity index (χ0v) is 13.3. The first-order chi connectivity index (χ1) is 10.8. The highest BCUT2D eigenvalue weighted by Gasteiger charge is 2.10. The summed E-state index contributed by atoms with van der Waals surface area (Å²) in [4.78, 5) is 7.10. The molecule has 2 heteroatoms. The molecule has 1 aromatic heterocycles. The van der Waals surface area contributed by atoms with Gasteiger partial charge in [0.15, 0.2) is 0 Å². The summed E-state index contributed by atoms with van der Waals surface area (Å²) in [6, 6.07) is 14.9. The Bertz CT molecular complexity index is 608.